The summed E-state index contributed by atoms with van der Waals surface area (Å²) in [7, 11) is 1.37. The van der Waals surface area contributed by atoms with E-state index in [1.54, 1.807) is 40.7 Å². The average Bonchev–Trinajstić information content (AvgIpc) is 3.03. The number of ether oxygens (including phenoxy) is 1. The molecule has 3 rings (SSSR count). The number of nitrogens with zero attached hydrogens (tertiary/aromatic N) is 2. The average molecular weight is 443 g/mol. The first-order chi connectivity index (χ1) is 12.5. The van der Waals surface area contributed by atoms with Crippen LogP contribution in [0.5, 0.6) is 0 Å². The molecular formula is C17H12Cl2N2O2S3. The van der Waals surface area contributed by atoms with Gasteiger partial charge in [0.25, 0.3) is 0 Å². The second kappa shape index (κ2) is 8.54. The molecule has 0 aliphatic heterocycles. The Hall–Kier alpha value is -1.38. The molecule has 0 atom stereocenters. The molecule has 0 saturated carbocycles. The van der Waals surface area contributed by atoms with Crippen LogP contribution in [0.15, 0.2) is 46.8 Å². The summed E-state index contributed by atoms with van der Waals surface area (Å²) in [5, 5.41) is 5.49. The van der Waals surface area contributed by atoms with Gasteiger partial charge in [0.1, 0.15) is 0 Å². The van der Waals surface area contributed by atoms with Crippen LogP contribution in [-0.4, -0.2) is 22.9 Å². The summed E-state index contributed by atoms with van der Waals surface area (Å²) in [5.74, 6) is 0.369. The van der Waals surface area contributed by atoms with Gasteiger partial charge in [0.15, 0.2) is 8.29 Å². The van der Waals surface area contributed by atoms with Gasteiger partial charge in [-0.15, -0.1) is 5.10 Å². The summed E-state index contributed by atoms with van der Waals surface area (Å²) >= 11 is 20.4. The molecule has 1 heterocycles. The molecule has 3 aromatic rings. The molecule has 1 aromatic heterocycles. The van der Waals surface area contributed by atoms with Gasteiger partial charge < -0.3 is 4.74 Å². The first-order valence-electron chi connectivity index (χ1n) is 7.33. The molecular weight excluding hydrogens is 431 g/mol. The van der Waals surface area contributed by atoms with E-state index >= 15 is 0 Å². The van der Waals surface area contributed by atoms with Gasteiger partial charge in [0.2, 0.25) is 0 Å². The van der Waals surface area contributed by atoms with Crippen LogP contribution < -0.4 is 0 Å². The van der Waals surface area contributed by atoms with E-state index in [0.29, 0.717) is 25.3 Å². The first-order valence-corrected chi connectivity index (χ1v) is 10.3. The minimum atomic E-state index is -0.345. The molecule has 0 N–H and O–H groups in total. The lowest BCUT2D eigenvalue weighted by atomic mass is 10.1. The molecule has 0 aliphatic rings. The van der Waals surface area contributed by atoms with E-state index in [0.717, 1.165) is 15.6 Å². The minimum absolute atomic E-state index is 0.345. The Balaban J connectivity index is 1.72. The van der Waals surface area contributed by atoms with E-state index in [1.165, 1.54) is 18.4 Å². The minimum Gasteiger partial charge on any atom is -0.465 e. The van der Waals surface area contributed by atoms with Crippen molar-refractivity contribution >= 4 is 64.5 Å². The van der Waals surface area contributed by atoms with Gasteiger partial charge >= 0.3 is 5.97 Å². The number of halogens is 2. The number of benzene rings is 2. The third-order valence-corrected chi connectivity index (χ3v) is 6.59. The zero-order valence-corrected chi connectivity index (χ0v) is 17.4. The number of aromatic nitrogens is 2. The quantitative estimate of drug-likeness (QED) is 0.273. The Morgan fingerprint density at radius 2 is 1.96 bits per heavy atom. The number of esters is 1. The predicted octanol–water partition coefficient (Wildman–Crippen LogP) is 6.05. The van der Waals surface area contributed by atoms with Crippen molar-refractivity contribution in [3.63, 3.8) is 0 Å². The zero-order chi connectivity index (χ0) is 18.7. The second-order valence-corrected chi connectivity index (χ2v) is 8.78. The van der Waals surface area contributed by atoms with Crippen LogP contribution in [-0.2, 0) is 10.5 Å². The molecule has 26 heavy (non-hydrogen) atoms. The Kier molecular flexibility index (Phi) is 6.37. The number of thioether (sulfide) groups is 1. The monoisotopic (exact) mass is 442 g/mol. The summed E-state index contributed by atoms with van der Waals surface area (Å²) in [6, 6.07) is 12.6. The highest BCUT2D eigenvalue weighted by molar-refractivity contribution is 8.00. The smallest absolute Gasteiger partial charge is 0.337 e. The van der Waals surface area contributed by atoms with Gasteiger partial charge in [0.05, 0.1) is 28.4 Å². The van der Waals surface area contributed by atoms with Crippen molar-refractivity contribution in [3.05, 3.63) is 67.6 Å². The maximum Gasteiger partial charge on any atom is 0.337 e. The SMILES string of the molecule is COC(=O)c1ccc(CSc2nn(-c3ccc(Cl)c(Cl)c3)c(=S)s2)cc1. The van der Waals surface area contributed by atoms with Crippen molar-refractivity contribution in [2.75, 3.05) is 7.11 Å². The van der Waals surface area contributed by atoms with Crippen molar-refractivity contribution in [2.24, 2.45) is 0 Å². The van der Waals surface area contributed by atoms with Gasteiger partial charge in [-0.05, 0) is 48.1 Å². The topological polar surface area (TPSA) is 44.1 Å². The molecule has 2 aromatic carbocycles. The lowest BCUT2D eigenvalue weighted by Gasteiger charge is -2.03. The molecule has 0 spiro atoms. The summed E-state index contributed by atoms with van der Waals surface area (Å²) in [6.07, 6.45) is 0. The van der Waals surface area contributed by atoms with Crippen LogP contribution in [0.25, 0.3) is 5.69 Å². The Morgan fingerprint density at radius 1 is 1.23 bits per heavy atom. The number of methoxy groups -OCH3 is 1. The normalized spacial score (nSPS) is 10.7. The molecule has 134 valence electrons. The highest BCUT2D eigenvalue weighted by atomic mass is 35.5. The largest absolute Gasteiger partial charge is 0.465 e. The summed E-state index contributed by atoms with van der Waals surface area (Å²) in [5.41, 5.74) is 2.38. The van der Waals surface area contributed by atoms with Crippen molar-refractivity contribution in [1.82, 2.24) is 9.78 Å². The Bertz CT molecular complexity index is 1000. The highest BCUT2D eigenvalue weighted by Gasteiger charge is 2.09. The van der Waals surface area contributed by atoms with Gasteiger partial charge in [0, 0.05) is 5.75 Å². The van der Waals surface area contributed by atoms with Gasteiger partial charge in [-0.3, -0.25) is 0 Å². The summed E-state index contributed by atoms with van der Waals surface area (Å²) < 4.78 is 7.84. The van der Waals surface area contributed by atoms with Crippen LogP contribution in [0.3, 0.4) is 0 Å². The van der Waals surface area contributed by atoms with Crippen LogP contribution in [0, 0.1) is 3.95 Å². The second-order valence-electron chi connectivity index (χ2n) is 5.12. The van der Waals surface area contributed by atoms with Crippen molar-refractivity contribution < 1.29 is 9.53 Å². The molecule has 4 nitrogen and oxygen atoms in total. The number of rotatable bonds is 5. The highest BCUT2D eigenvalue weighted by Crippen LogP contribution is 2.29. The summed E-state index contributed by atoms with van der Waals surface area (Å²) in [6.45, 7) is 0. The number of hydrogen-bond acceptors (Lipinski definition) is 6. The van der Waals surface area contributed by atoms with Crippen molar-refractivity contribution in [1.29, 1.82) is 0 Å². The Labute approximate surface area is 173 Å². The standard InChI is InChI=1S/C17H12Cl2N2O2S3/c1-23-15(22)11-4-2-10(3-5-11)9-25-16-20-21(17(24)26-16)12-6-7-13(18)14(19)8-12/h2-8H,9H2,1H3. The van der Waals surface area contributed by atoms with E-state index < -0.39 is 0 Å². The maximum absolute atomic E-state index is 11.5. The van der Waals surface area contributed by atoms with E-state index in [2.05, 4.69) is 5.10 Å². The third-order valence-electron chi connectivity index (χ3n) is 3.41. The van der Waals surface area contributed by atoms with Crippen molar-refractivity contribution in [3.8, 4) is 5.69 Å². The molecule has 0 bridgehead atoms. The molecule has 0 amide bonds. The lowest BCUT2D eigenvalue weighted by Crippen LogP contribution is -2.00. The molecule has 0 saturated heterocycles. The fourth-order valence-corrected chi connectivity index (χ4v) is 4.71. The lowest BCUT2D eigenvalue weighted by molar-refractivity contribution is 0.0600. The van der Waals surface area contributed by atoms with Crippen LogP contribution >= 0.6 is 58.5 Å². The van der Waals surface area contributed by atoms with Gasteiger partial charge in [-0.25, -0.2) is 9.48 Å². The van der Waals surface area contributed by atoms with E-state index in [1.807, 2.05) is 18.2 Å². The third kappa shape index (κ3) is 4.47. The molecule has 0 fully saturated rings. The number of carbonyl (C=O) groups excluding carboxylic acids is 1. The zero-order valence-electron chi connectivity index (χ0n) is 13.4. The number of carbonyl (C=O) groups is 1. The van der Waals surface area contributed by atoms with Crippen LogP contribution in [0.2, 0.25) is 10.0 Å². The predicted molar refractivity (Wildman–Crippen MR) is 110 cm³/mol. The van der Waals surface area contributed by atoms with Gasteiger partial charge in [-0.1, -0.05) is 58.4 Å². The molecule has 0 radical (unpaired) electrons. The fourth-order valence-electron chi connectivity index (χ4n) is 2.10. The maximum atomic E-state index is 11.5. The Morgan fingerprint density at radius 3 is 2.62 bits per heavy atom. The fraction of sp³-hybridized carbons (Fsp3) is 0.118. The molecule has 9 heteroatoms. The molecule has 0 unspecified atom stereocenters. The van der Waals surface area contributed by atoms with E-state index in [9.17, 15) is 4.79 Å². The first kappa shape index (κ1) is 19.4. The number of hydrogen-bond donors (Lipinski definition) is 0. The van der Waals surface area contributed by atoms with Crippen LogP contribution in [0.1, 0.15) is 15.9 Å². The summed E-state index contributed by atoms with van der Waals surface area (Å²) in [4.78, 5) is 11.5. The van der Waals surface area contributed by atoms with Crippen molar-refractivity contribution in [2.45, 2.75) is 10.1 Å². The van der Waals surface area contributed by atoms with Gasteiger partial charge in [-0.2, -0.15) is 0 Å². The molecule has 0 aliphatic carbocycles. The van der Waals surface area contributed by atoms with E-state index in [4.69, 9.17) is 40.2 Å². The van der Waals surface area contributed by atoms with E-state index in [-0.39, 0.29) is 5.97 Å². The van der Waals surface area contributed by atoms with Crippen LogP contribution in [0.4, 0.5) is 0 Å².